The van der Waals surface area contributed by atoms with Gasteiger partial charge in [0, 0.05) is 0 Å². The number of rotatable bonds is 6. The number of hydrogen-bond acceptors (Lipinski definition) is 0. The standard InChI is InChI=1S/C16H32/c1-9-15(5,6)12-13-16(7,8)11-10-14(2,3)4/h9H,1,10-13H2,2-8H3. The molecule has 0 aromatic heterocycles. The lowest BCUT2D eigenvalue weighted by Gasteiger charge is -2.32. The van der Waals surface area contributed by atoms with Crippen LogP contribution in [-0.4, -0.2) is 0 Å². The number of hydrogen-bond donors (Lipinski definition) is 0. The van der Waals surface area contributed by atoms with Gasteiger partial charge in [-0.25, -0.2) is 0 Å². The molecule has 0 atom stereocenters. The molecule has 0 fully saturated rings. The van der Waals surface area contributed by atoms with Gasteiger partial charge in [0.1, 0.15) is 0 Å². The van der Waals surface area contributed by atoms with Gasteiger partial charge in [-0.2, -0.15) is 0 Å². The van der Waals surface area contributed by atoms with E-state index in [-0.39, 0.29) is 0 Å². The van der Waals surface area contributed by atoms with Crippen molar-refractivity contribution < 1.29 is 0 Å². The molecule has 0 aliphatic rings. The van der Waals surface area contributed by atoms with Gasteiger partial charge in [-0.15, -0.1) is 6.58 Å². The van der Waals surface area contributed by atoms with E-state index in [0.29, 0.717) is 16.2 Å². The Kier molecular flexibility index (Phi) is 5.29. The Morgan fingerprint density at radius 1 is 0.750 bits per heavy atom. The zero-order valence-electron chi connectivity index (χ0n) is 12.6. The van der Waals surface area contributed by atoms with Crippen LogP contribution in [0.15, 0.2) is 12.7 Å². The maximum absolute atomic E-state index is 3.92. The predicted octanol–water partition coefficient (Wildman–Crippen LogP) is 5.83. The van der Waals surface area contributed by atoms with Crippen LogP contribution in [0.5, 0.6) is 0 Å². The molecular formula is C16H32. The number of allylic oxidation sites excluding steroid dienone is 1. The molecule has 0 spiro atoms. The van der Waals surface area contributed by atoms with Crippen LogP contribution < -0.4 is 0 Å². The van der Waals surface area contributed by atoms with Crippen molar-refractivity contribution in [1.29, 1.82) is 0 Å². The van der Waals surface area contributed by atoms with Gasteiger partial charge in [0.25, 0.3) is 0 Å². The van der Waals surface area contributed by atoms with Crippen LogP contribution in [0.3, 0.4) is 0 Å². The van der Waals surface area contributed by atoms with Crippen molar-refractivity contribution in [1.82, 2.24) is 0 Å². The molecular weight excluding hydrogens is 192 g/mol. The molecule has 16 heavy (non-hydrogen) atoms. The van der Waals surface area contributed by atoms with Crippen molar-refractivity contribution in [3.63, 3.8) is 0 Å². The summed E-state index contributed by atoms with van der Waals surface area (Å²) in [5.41, 5.74) is 1.22. The summed E-state index contributed by atoms with van der Waals surface area (Å²) < 4.78 is 0. The Balaban J connectivity index is 4.10. The molecule has 0 N–H and O–H groups in total. The minimum atomic E-state index is 0.291. The minimum Gasteiger partial charge on any atom is -0.103 e. The molecule has 0 nitrogen and oxygen atoms in total. The third kappa shape index (κ3) is 7.96. The van der Waals surface area contributed by atoms with E-state index in [9.17, 15) is 0 Å². The Labute approximate surface area is 104 Å². The molecule has 0 saturated carbocycles. The van der Waals surface area contributed by atoms with Crippen molar-refractivity contribution >= 4 is 0 Å². The SMILES string of the molecule is C=CC(C)(C)CCC(C)(C)CCC(C)(C)C. The topological polar surface area (TPSA) is 0 Å². The van der Waals surface area contributed by atoms with Gasteiger partial charge < -0.3 is 0 Å². The van der Waals surface area contributed by atoms with Crippen molar-refractivity contribution in [2.45, 2.75) is 74.1 Å². The zero-order chi connectivity index (χ0) is 13.0. The van der Waals surface area contributed by atoms with Gasteiger partial charge in [0.05, 0.1) is 0 Å². The molecule has 0 bridgehead atoms. The molecule has 0 unspecified atom stereocenters. The zero-order valence-corrected chi connectivity index (χ0v) is 12.6. The molecule has 0 heterocycles. The summed E-state index contributed by atoms with van der Waals surface area (Å²) in [6, 6.07) is 0. The first-order valence-electron chi connectivity index (χ1n) is 6.61. The average molecular weight is 224 g/mol. The van der Waals surface area contributed by atoms with Crippen molar-refractivity contribution in [2.24, 2.45) is 16.2 Å². The van der Waals surface area contributed by atoms with E-state index in [2.05, 4.69) is 61.1 Å². The van der Waals surface area contributed by atoms with Crippen molar-refractivity contribution in [2.75, 3.05) is 0 Å². The third-order valence-corrected chi connectivity index (χ3v) is 3.55. The van der Waals surface area contributed by atoms with Gasteiger partial charge in [-0.3, -0.25) is 0 Å². The lowest BCUT2D eigenvalue weighted by atomic mass is 9.74. The Morgan fingerprint density at radius 3 is 1.56 bits per heavy atom. The lowest BCUT2D eigenvalue weighted by Crippen LogP contribution is -2.19. The fourth-order valence-corrected chi connectivity index (χ4v) is 1.60. The summed E-state index contributed by atoms with van der Waals surface area (Å²) in [5.74, 6) is 0. The Hall–Kier alpha value is -0.260. The third-order valence-electron chi connectivity index (χ3n) is 3.55. The van der Waals surface area contributed by atoms with E-state index in [1.54, 1.807) is 0 Å². The molecule has 0 radical (unpaired) electrons. The highest BCUT2D eigenvalue weighted by atomic mass is 14.3. The van der Waals surface area contributed by atoms with Gasteiger partial charge in [-0.1, -0.05) is 54.5 Å². The van der Waals surface area contributed by atoms with E-state index < -0.39 is 0 Å². The van der Waals surface area contributed by atoms with Crippen LogP contribution >= 0.6 is 0 Å². The van der Waals surface area contributed by atoms with Gasteiger partial charge in [-0.05, 0) is 41.9 Å². The second-order valence-corrected chi connectivity index (χ2v) is 7.92. The van der Waals surface area contributed by atoms with Crippen LogP contribution in [0.2, 0.25) is 0 Å². The lowest BCUT2D eigenvalue weighted by molar-refractivity contribution is 0.215. The van der Waals surface area contributed by atoms with E-state index >= 15 is 0 Å². The largest absolute Gasteiger partial charge is 0.103 e. The smallest absolute Gasteiger partial charge is 0.0177 e. The predicted molar refractivity (Wildman–Crippen MR) is 75.7 cm³/mol. The van der Waals surface area contributed by atoms with Crippen LogP contribution in [0.4, 0.5) is 0 Å². The first-order chi connectivity index (χ1) is 6.97. The summed E-state index contributed by atoms with van der Waals surface area (Å²) in [5, 5.41) is 0. The van der Waals surface area contributed by atoms with Gasteiger partial charge in [0.15, 0.2) is 0 Å². The second-order valence-electron chi connectivity index (χ2n) is 7.92. The highest BCUT2D eigenvalue weighted by Crippen LogP contribution is 2.37. The summed E-state index contributed by atoms with van der Waals surface area (Å²) >= 11 is 0. The average Bonchev–Trinajstić information content (AvgIpc) is 2.12. The molecule has 0 amide bonds. The maximum Gasteiger partial charge on any atom is -0.0177 e. The fourth-order valence-electron chi connectivity index (χ4n) is 1.60. The van der Waals surface area contributed by atoms with Gasteiger partial charge >= 0.3 is 0 Å². The quantitative estimate of drug-likeness (QED) is 0.498. The first kappa shape index (κ1) is 15.7. The van der Waals surface area contributed by atoms with Crippen LogP contribution in [0.1, 0.15) is 74.1 Å². The Morgan fingerprint density at radius 2 is 1.19 bits per heavy atom. The van der Waals surface area contributed by atoms with Crippen LogP contribution in [-0.2, 0) is 0 Å². The second kappa shape index (κ2) is 5.38. The van der Waals surface area contributed by atoms with Crippen molar-refractivity contribution in [3.05, 3.63) is 12.7 Å². The highest BCUT2D eigenvalue weighted by Gasteiger charge is 2.24. The molecule has 96 valence electrons. The van der Waals surface area contributed by atoms with E-state index in [0.717, 1.165) is 0 Å². The molecule has 0 aromatic rings. The fraction of sp³-hybridized carbons (Fsp3) is 0.875. The summed E-state index contributed by atoms with van der Waals surface area (Å²) in [4.78, 5) is 0. The van der Waals surface area contributed by atoms with Gasteiger partial charge in [0.2, 0.25) is 0 Å². The van der Waals surface area contributed by atoms with E-state index in [4.69, 9.17) is 0 Å². The molecule has 0 heteroatoms. The molecule has 0 saturated heterocycles. The molecule has 0 rings (SSSR count). The monoisotopic (exact) mass is 224 g/mol. The van der Waals surface area contributed by atoms with E-state index in [1.807, 2.05) is 0 Å². The van der Waals surface area contributed by atoms with Crippen LogP contribution in [0.25, 0.3) is 0 Å². The minimum absolute atomic E-state index is 0.291. The maximum atomic E-state index is 3.92. The summed E-state index contributed by atoms with van der Waals surface area (Å²) in [6.45, 7) is 20.3. The first-order valence-corrected chi connectivity index (χ1v) is 6.61. The molecule has 0 aliphatic heterocycles. The summed E-state index contributed by atoms with van der Waals surface area (Å²) in [7, 11) is 0. The van der Waals surface area contributed by atoms with Crippen LogP contribution in [0, 0.1) is 16.2 Å². The molecule has 0 aromatic carbocycles. The van der Waals surface area contributed by atoms with Crippen molar-refractivity contribution in [3.8, 4) is 0 Å². The normalized spacial score (nSPS) is 13.9. The Bertz CT molecular complexity index is 213. The summed E-state index contributed by atoms with van der Waals surface area (Å²) in [6.07, 6.45) is 7.26. The highest BCUT2D eigenvalue weighted by molar-refractivity contribution is 4.89. The van der Waals surface area contributed by atoms with E-state index in [1.165, 1.54) is 25.7 Å². The molecule has 0 aliphatic carbocycles.